The molecule has 196 valence electrons. The van der Waals surface area contributed by atoms with Gasteiger partial charge in [0.25, 0.3) is 5.91 Å². The van der Waals surface area contributed by atoms with E-state index in [-0.39, 0.29) is 36.7 Å². The van der Waals surface area contributed by atoms with Crippen LogP contribution in [0.3, 0.4) is 0 Å². The summed E-state index contributed by atoms with van der Waals surface area (Å²) in [4.78, 5) is 42.8. The molecule has 0 saturated carbocycles. The number of hydrogen-bond donors (Lipinski definition) is 1. The largest absolute Gasteiger partial charge is 0.463 e. The highest BCUT2D eigenvalue weighted by Crippen LogP contribution is 2.38. The fourth-order valence-corrected chi connectivity index (χ4v) is 5.23. The van der Waals surface area contributed by atoms with Gasteiger partial charge < -0.3 is 19.9 Å². The number of carbonyl (C=O) groups excluding carboxylic acids is 3. The number of nitrogens with one attached hydrogen (secondary N) is 1. The molecular weight excluding hydrogens is 466 g/mol. The number of amides is 2. The third-order valence-electron chi connectivity index (χ3n) is 7.23. The number of nitrogens with zero attached hydrogens (tertiary/aromatic N) is 2. The summed E-state index contributed by atoms with van der Waals surface area (Å²) in [6.07, 6.45) is 2.67. The summed E-state index contributed by atoms with van der Waals surface area (Å²) in [6.45, 7) is 9.91. The van der Waals surface area contributed by atoms with E-state index in [1.54, 1.807) is 24.0 Å². The summed E-state index contributed by atoms with van der Waals surface area (Å²) < 4.78 is 5.39. The van der Waals surface area contributed by atoms with Crippen molar-refractivity contribution in [2.24, 2.45) is 0 Å². The van der Waals surface area contributed by atoms with Crippen LogP contribution in [-0.4, -0.2) is 60.4 Å². The van der Waals surface area contributed by atoms with Crippen molar-refractivity contribution in [1.82, 2.24) is 15.1 Å². The zero-order chi connectivity index (χ0) is 26.4. The quantitative estimate of drug-likeness (QED) is 0.520. The minimum atomic E-state index is -0.384. The molecule has 2 amide bonds. The predicted molar refractivity (Wildman–Crippen MR) is 143 cm³/mol. The highest BCUT2D eigenvalue weighted by molar-refractivity contribution is 5.96. The number of aryl methyl sites for hydroxylation is 1. The Labute approximate surface area is 219 Å². The smallest absolute Gasteiger partial charge is 0.336 e. The van der Waals surface area contributed by atoms with Crippen LogP contribution in [0.1, 0.15) is 66.1 Å². The number of likely N-dealkylation sites (tertiary alicyclic amines) is 1. The van der Waals surface area contributed by atoms with E-state index >= 15 is 0 Å². The second-order valence-corrected chi connectivity index (χ2v) is 9.87. The minimum Gasteiger partial charge on any atom is -0.463 e. The Bertz CT molecular complexity index is 1170. The summed E-state index contributed by atoms with van der Waals surface area (Å²) in [5.41, 5.74) is 4.64. The summed E-state index contributed by atoms with van der Waals surface area (Å²) in [5.74, 6) is -0.860. The minimum absolute atomic E-state index is 0.0409. The highest BCUT2D eigenvalue weighted by atomic mass is 16.5. The molecule has 2 aromatic rings. The second-order valence-electron chi connectivity index (χ2n) is 9.87. The SMILES string of the molecule is CCOC(=O)C1=C(C)N(Cc2ccc(C(=O)NCCN3CCCC3)cc2)C(=O)CC1c1cccc(C)c1. The van der Waals surface area contributed by atoms with Gasteiger partial charge in [-0.3, -0.25) is 9.59 Å². The first kappa shape index (κ1) is 26.6. The van der Waals surface area contributed by atoms with E-state index < -0.39 is 0 Å². The van der Waals surface area contributed by atoms with Gasteiger partial charge in [-0.05, 0) is 70.0 Å². The third-order valence-corrected chi connectivity index (χ3v) is 7.23. The molecule has 0 aliphatic carbocycles. The first-order valence-corrected chi connectivity index (χ1v) is 13.2. The number of esters is 1. The standard InChI is InChI=1S/C30H37N3O4/c1-4-37-30(36)28-22(3)33(27(34)19-26(28)25-9-7-8-21(2)18-25)20-23-10-12-24(13-11-23)29(35)31-14-17-32-15-5-6-16-32/h7-13,18,26H,4-6,14-17,19-20H2,1-3H3,(H,31,35). The van der Waals surface area contributed by atoms with Crippen LogP contribution in [0.15, 0.2) is 59.8 Å². The summed E-state index contributed by atoms with van der Waals surface area (Å²) in [7, 11) is 0. The monoisotopic (exact) mass is 503 g/mol. The lowest BCUT2D eigenvalue weighted by molar-refractivity contribution is -0.140. The van der Waals surface area contributed by atoms with Crippen molar-refractivity contribution in [3.8, 4) is 0 Å². The number of ether oxygens (including phenoxy) is 1. The molecule has 1 N–H and O–H groups in total. The zero-order valence-electron chi connectivity index (χ0n) is 22.1. The van der Waals surface area contributed by atoms with E-state index in [1.165, 1.54) is 12.8 Å². The van der Waals surface area contributed by atoms with E-state index in [9.17, 15) is 14.4 Å². The summed E-state index contributed by atoms with van der Waals surface area (Å²) >= 11 is 0. The van der Waals surface area contributed by atoms with Crippen LogP contribution >= 0.6 is 0 Å². The molecule has 1 unspecified atom stereocenters. The van der Waals surface area contributed by atoms with Crippen LogP contribution in [-0.2, 0) is 20.9 Å². The number of hydrogen-bond acceptors (Lipinski definition) is 5. The zero-order valence-corrected chi connectivity index (χ0v) is 22.1. The van der Waals surface area contributed by atoms with Gasteiger partial charge >= 0.3 is 5.97 Å². The van der Waals surface area contributed by atoms with E-state index in [1.807, 2.05) is 50.2 Å². The maximum Gasteiger partial charge on any atom is 0.336 e. The molecule has 2 aliphatic rings. The molecule has 0 bridgehead atoms. The fraction of sp³-hybridized carbons (Fsp3) is 0.433. The van der Waals surface area contributed by atoms with Gasteiger partial charge in [0.15, 0.2) is 0 Å². The first-order chi connectivity index (χ1) is 17.9. The Morgan fingerprint density at radius 2 is 1.78 bits per heavy atom. The Kier molecular flexibility index (Phi) is 8.77. The van der Waals surface area contributed by atoms with Crippen molar-refractivity contribution in [2.75, 3.05) is 32.8 Å². The van der Waals surface area contributed by atoms with Gasteiger partial charge in [-0.15, -0.1) is 0 Å². The maximum absolute atomic E-state index is 13.3. The van der Waals surface area contributed by atoms with Crippen LogP contribution in [0.25, 0.3) is 0 Å². The molecule has 2 aromatic carbocycles. The van der Waals surface area contributed by atoms with Gasteiger partial charge in [-0.1, -0.05) is 42.0 Å². The van der Waals surface area contributed by atoms with E-state index in [4.69, 9.17) is 4.74 Å². The van der Waals surface area contributed by atoms with Crippen LogP contribution in [0.2, 0.25) is 0 Å². The van der Waals surface area contributed by atoms with Crippen LogP contribution in [0, 0.1) is 6.92 Å². The number of allylic oxidation sites excluding steroid dienone is 1. The Balaban J connectivity index is 1.48. The molecule has 7 heteroatoms. The second kappa shape index (κ2) is 12.2. The molecule has 1 fully saturated rings. The molecule has 37 heavy (non-hydrogen) atoms. The van der Waals surface area contributed by atoms with Crippen molar-refractivity contribution in [1.29, 1.82) is 0 Å². The molecule has 0 spiro atoms. The van der Waals surface area contributed by atoms with Gasteiger partial charge in [-0.2, -0.15) is 0 Å². The highest BCUT2D eigenvalue weighted by Gasteiger charge is 2.36. The van der Waals surface area contributed by atoms with Gasteiger partial charge in [0.1, 0.15) is 0 Å². The molecule has 2 aliphatic heterocycles. The Hall–Kier alpha value is -3.45. The van der Waals surface area contributed by atoms with E-state index in [0.717, 1.165) is 36.3 Å². The molecule has 4 rings (SSSR count). The molecule has 2 heterocycles. The Morgan fingerprint density at radius 1 is 1.05 bits per heavy atom. The summed E-state index contributed by atoms with van der Waals surface area (Å²) in [6, 6.07) is 15.2. The fourth-order valence-electron chi connectivity index (χ4n) is 5.23. The molecule has 1 atom stereocenters. The van der Waals surface area contributed by atoms with Gasteiger partial charge in [-0.25, -0.2) is 4.79 Å². The van der Waals surface area contributed by atoms with Crippen molar-refractivity contribution < 1.29 is 19.1 Å². The average molecular weight is 504 g/mol. The number of benzene rings is 2. The van der Waals surface area contributed by atoms with Gasteiger partial charge in [0.05, 0.1) is 18.7 Å². The van der Waals surface area contributed by atoms with E-state index in [0.29, 0.717) is 29.9 Å². The van der Waals surface area contributed by atoms with Gasteiger partial charge in [0.2, 0.25) is 5.91 Å². The molecule has 1 saturated heterocycles. The van der Waals surface area contributed by atoms with Gasteiger partial charge in [0, 0.05) is 36.7 Å². The van der Waals surface area contributed by atoms with Crippen molar-refractivity contribution >= 4 is 17.8 Å². The average Bonchev–Trinajstić information content (AvgIpc) is 3.40. The first-order valence-electron chi connectivity index (χ1n) is 13.2. The lowest BCUT2D eigenvalue weighted by Gasteiger charge is -2.34. The van der Waals surface area contributed by atoms with Crippen LogP contribution < -0.4 is 5.32 Å². The topological polar surface area (TPSA) is 79.0 Å². The maximum atomic E-state index is 13.3. The number of carbonyl (C=O) groups is 3. The summed E-state index contributed by atoms with van der Waals surface area (Å²) in [5, 5.41) is 2.99. The molecular formula is C30H37N3O4. The lowest BCUT2D eigenvalue weighted by Crippen LogP contribution is -2.38. The number of rotatable bonds is 9. The molecule has 0 radical (unpaired) electrons. The van der Waals surface area contributed by atoms with Crippen LogP contribution in [0.4, 0.5) is 0 Å². The van der Waals surface area contributed by atoms with Crippen LogP contribution in [0.5, 0.6) is 0 Å². The van der Waals surface area contributed by atoms with Crippen molar-refractivity contribution in [3.63, 3.8) is 0 Å². The van der Waals surface area contributed by atoms with Crippen molar-refractivity contribution in [2.45, 2.75) is 52.5 Å². The molecule has 0 aromatic heterocycles. The normalized spacial score (nSPS) is 18.3. The molecule has 7 nitrogen and oxygen atoms in total. The van der Waals surface area contributed by atoms with Crippen molar-refractivity contribution in [3.05, 3.63) is 82.1 Å². The van der Waals surface area contributed by atoms with E-state index in [2.05, 4.69) is 10.2 Å². The lowest BCUT2D eigenvalue weighted by atomic mass is 9.83. The Morgan fingerprint density at radius 3 is 2.46 bits per heavy atom. The predicted octanol–water partition coefficient (Wildman–Crippen LogP) is 4.17. The third kappa shape index (κ3) is 6.46.